The molecule has 0 bridgehead atoms. The molecule has 3 N–H and O–H groups in total. The number of hydrogen-bond donors (Lipinski definition) is 2. The molecule has 0 fully saturated rings. The summed E-state index contributed by atoms with van der Waals surface area (Å²) in [5.41, 5.74) is 8.62. The highest BCUT2D eigenvalue weighted by atomic mass is 16.4. The highest BCUT2D eigenvalue weighted by molar-refractivity contribution is 5.96. The number of benzene rings is 1. The Kier molecular flexibility index (Phi) is 5.06. The van der Waals surface area contributed by atoms with Crippen LogP contribution in [0.2, 0.25) is 0 Å². The first-order valence-corrected chi connectivity index (χ1v) is 6.14. The lowest BCUT2D eigenvalue weighted by molar-refractivity contribution is -0.137. The average molecular weight is 264 g/mol. The van der Waals surface area contributed by atoms with Gasteiger partial charge in [-0.1, -0.05) is 6.07 Å². The van der Waals surface area contributed by atoms with E-state index in [1.54, 1.807) is 7.05 Å². The van der Waals surface area contributed by atoms with Crippen LogP contribution in [0, 0.1) is 13.8 Å². The zero-order chi connectivity index (χ0) is 14.6. The van der Waals surface area contributed by atoms with E-state index in [2.05, 4.69) is 0 Å². The van der Waals surface area contributed by atoms with Crippen LogP contribution in [0.4, 0.5) is 5.69 Å². The Morgan fingerprint density at radius 1 is 1.26 bits per heavy atom. The van der Waals surface area contributed by atoms with Gasteiger partial charge in [0, 0.05) is 19.2 Å². The van der Waals surface area contributed by atoms with Crippen LogP contribution in [0.3, 0.4) is 0 Å². The maximum atomic E-state index is 12.1. The zero-order valence-electron chi connectivity index (χ0n) is 11.5. The van der Waals surface area contributed by atoms with Crippen molar-refractivity contribution in [3.8, 4) is 0 Å². The number of aliphatic carboxylic acids is 1. The van der Waals surface area contributed by atoms with Gasteiger partial charge in [-0.2, -0.15) is 0 Å². The number of nitrogens with two attached hydrogens (primary N) is 1. The minimum absolute atomic E-state index is 0.104. The third-order valence-electron chi connectivity index (χ3n) is 2.91. The fourth-order valence-electron chi connectivity index (χ4n) is 1.92. The number of carboxylic acid groups (broad SMARTS) is 1. The van der Waals surface area contributed by atoms with Crippen molar-refractivity contribution in [2.75, 3.05) is 11.9 Å². The largest absolute Gasteiger partial charge is 0.481 e. The maximum absolute atomic E-state index is 12.1. The Balaban J connectivity index is 2.78. The van der Waals surface area contributed by atoms with Crippen LogP contribution >= 0.6 is 0 Å². The second-order valence-corrected chi connectivity index (χ2v) is 4.78. The lowest BCUT2D eigenvalue weighted by Gasteiger charge is -2.22. The van der Waals surface area contributed by atoms with Crippen molar-refractivity contribution >= 4 is 17.6 Å². The molecule has 104 valence electrons. The first kappa shape index (κ1) is 15.2. The molecule has 1 unspecified atom stereocenters. The average Bonchev–Trinajstić information content (AvgIpc) is 2.32. The van der Waals surface area contributed by atoms with Gasteiger partial charge in [-0.05, 0) is 43.5 Å². The monoisotopic (exact) mass is 264 g/mol. The van der Waals surface area contributed by atoms with E-state index >= 15 is 0 Å². The molecule has 0 heterocycles. The van der Waals surface area contributed by atoms with Gasteiger partial charge in [-0.3, -0.25) is 9.59 Å². The maximum Gasteiger partial charge on any atom is 0.303 e. The third kappa shape index (κ3) is 4.37. The van der Waals surface area contributed by atoms with E-state index in [-0.39, 0.29) is 18.7 Å². The second-order valence-electron chi connectivity index (χ2n) is 4.78. The van der Waals surface area contributed by atoms with Crippen LogP contribution in [0.1, 0.15) is 24.0 Å². The summed E-state index contributed by atoms with van der Waals surface area (Å²) in [5.74, 6) is -1.22. The summed E-state index contributed by atoms with van der Waals surface area (Å²) in [5, 5.41) is 8.59. The molecular formula is C14H20N2O3. The van der Waals surface area contributed by atoms with Gasteiger partial charge in [0.2, 0.25) is 5.91 Å². The number of rotatable bonds is 5. The van der Waals surface area contributed by atoms with Gasteiger partial charge in [0.15, 0.2) is 0 Å². The van der Waals surface area contributed by atoms with Crippen LogP contribution in [-0.2, 0) is 9.59 Å². The Hall–Kier alpha value is -1.88. The molecule has 0 aliphatic rings. The molecule has 0 spiro atoms. The molecule has 0 aliphatic carbocycles. The van der Waals surface area contributed by atoms with Crippen LogP contribution in [0.15, 0.2) is 18.2 Å². The lowest BCUT2D eigenvalue weighted by Crippen LogP contribution is -2.42. The fraction of sp³-hybridized carbons (Fsp3) is 0.429. The van der Waals surface area contributed by atoms with Gasteiger partial charge in [-0.15, -0.1) is 0 Å². The molecule has 5 heteroatoms. The second kappa shape index (κ2) is 6.33. The summed E-state index contributed by atoms with van der Waals surface area (Å²) in [6.45, 7) is 3.92. The minimum Gasteiger partial charge on any atom is -0.481 e. The molecule has 1 atom stereocenters. The summed E-state index contributed by atoms with van der Waals surface area (Å²) in [6.07, 6.45) is 0.0386. The Morgan fingerprint density at radius 2 is 1.79 bits per heavy atom. The van der Waals surface area contributed by atoms with Crippen LogP contribution < -0.4 is 10.6 Å². The van der Waals surface area contributed by atoms with E-state index in [1.807, 2.05) is 32.0 Å². The molecule has 1 amide bonds. The summed E-state index contributed by atoms with van der Waals surface area (Å²) >= 11 is 0. The van der Waals surface area contributed by atoms with Crippen LogP contribution in [-0.4, -0.2) is 30.1 Å². The van der Waals surface area contributed by atoms with Gasteiger partial charge in [0.1, 0.15) is 0 Å². The Labute approximate surface area is 113 Å². The normalized spacial score (nSPS) is 12.0. The van der Waals surface area contributed by atoms with E-state index in [4.69, 9.17) is 10.8 Å². The molecule has 0 aliphatic heterocycles. The minimum atomic E-state index is -0.947. The van der Waals surface area contributed by atoms with Gasteiger partial charge in [0.05, 0.1) is 6.04 Å². The van der Waals surface area contributed by atoms with Crippen LogP contribution in [0.5, 0.6) is 0 Å². The van der Waals surface area contributed by atoms with Crippen molar-refractivity contribution in [1.29, 1.82) is 0 Å². The van der Waals surface area contributed by atoms with Crippen molar-refractivity contribution in [1.82, 2.24) is 0 Å². The van der Waals surface area contributed by atoms with Crippen molar-refractivity contribution in [2.45, 2.75) is 32.7 Å². The highest BCUT2D eigenvalue weighted by Gasteiger charge is 2.20. The van der Waals surface area contributed by atoms with E-state index in [1.165, 1.54) is 4.90 Å². The van der Waals surface area contributed by atoms with E-state index in [9.17, 15) is 9.59 Å². The number of carbonyl (C=O) groups is 2. The molecule has 5 nitrogen and oxygen atoms in total. The molecular weight excluding hydrogens is 244 g/mol. The molecule has 0 saturated carbocycles. The molecule has 1 aromatic carbocycles. The fourth-order valence-corrected chi connectivity index (χ4v) is 1.92. The quantitative estimate of drug-likeness (QED) is 0.843. The zero-order valence-corrected chi connectivity index (χ0v) is 11.5. The summed E-state index contributed by atoms with van der Waals surface area (Å²) < 4.78 is 0. The lowest BCUT2D eigenvalue weighted by atomic mass is 10.1. The number of hydrogen-bond acceptors (Lipinski definition) is 3. The van der Waals surface area contributed by atoms with Crippen LogP contribution in [0.25, 0.3) is 0 Å². The van der Waals surface area contributed by atoms with Crippen molar-refractivity contribution in [3.63, 3.8) is 0 Å². The third-order valence-corrected chi connectivity index (χ3v) is 2.91. The first-order valence-electron chi connectivity index (χ1n) is 6.14. The van der Waals surface area contributed by atoms with E-state index < -0.39 is 12.0 Å². The number of carbonyl (C=O) groups excluding carboxylic acids is 1. The summed E-state index contributed by atoms with van der Waals surface area (Å²) in [4.78, 5) is 24.0. The number of nitrogens with zero attached hydrogens (tertiary/aromatic N) is 1. The summed E-state index contributed by atoms with van der Waals surface area (Å²) in [6, 6.07) is 5.03. The number of aryl methyl sites for hydroxylation is 2. The Morgan fingerprint density at radius 3 is 2.26 bits per heavy atom. The number of likely N-dealkylation sites (N-methyl/N-ethyl adjacent to an activating group) is 1. The number of carboxylic acids is 1. The predicted octanol–water partition coefficient (Wildman–Crippen LogP) is 1.46. The number of anilines is 1. The van der Waals surface area contributed by atoms with Crippen molar-refractivity contribution in [3.05, 3.63) is 29.3 Å². The number of amides is 1. The van der Waals surface area contributed by atoms with Crippen molar-refractivity contribution < 1.29 is 14.7 Å². The van der Waals surface area contributed by atoms with Gasteiger partial charge < -0.3 is 15.7 Å². The molecule has 0 saturated heterocycles. The molecule has 1 rings (SSSR count). The first-order chi connectivity index (χ1) is 8.81. The molecule has 1 aromatic rings. The molecule has 0 aromatic heterocycles. The topological polar surface area (TPSA) is 83.6 Å². The molecule has 0 radical (unpaired) electrons. The molecule has 19 heavy (non-hydrogen) atoms. The SMILES string of the molecule is Cc1cc(C)cc(N(C)C(=O)C(N)CCC(=O)O)c1. The predicted molar refractivity (Wildman–Crippen MR) is 74.2 cm³/mol. The highest BCUT2D eigenvalue weighted by Crippen LogP contribution is 2.18. The van der Waals surface area contributed by atoms with E-state index in [0.717, 1.165) is 16.8 Å². The standard InChI is InChI=1S/C14H20N2O3/c1-9-6-10(2)8-11(7-9)16(3)14(19)12(15)4-5-13(17)18/h6-8,12H,4-5,15H2,1-3H3,(H,17,18). The van der Waals surface area contributed by atoms with Gasteiger partial charge >= 0.3 is 5.97 Å². The smallest absolute Gasteiger partial charge is 0.303 e. The Bertz CT molecular complexity index is 465. The van der Waals surface area contributed by atoms with Crippen molar-refractivity contribution in [2.24, 2.45) is 5.73 Å². The van der Waals surface area contributed by atoms with Gasteiger partial charge in [-0.25, -0.2) is 0 Å². The van der Waals surface area contributed by atoms with E-state index in [0.29, 0.717) is 0 Å². The van der Waals surface area contributed by atoms with Gasteiger partial charge in [0.25, 0.3) is 0 Å². The summed E-state index contributed by atoms with van der Waals surface area (Å²) in [7, 11) is 1.65.